The molecule has 0 radical (unpaired) electrons. The summed E-state index contributed by atoms with van der Waals surface area (Å²) in [7, 11) is 0. The molecule has 0 spiro atoms. The number of phenolic OH excluding ortho intramolecular Hbond substituents is 1. The molecule has 90 valence electrons. The van der Waals surface area contributed by atoms with Crippen LogP contribution in [0.3, 0.4) is 0 Å². The number of rotatable bonds is 2. The molecule has 18 heavy (non-hydrogen) atoms. The van der Waals surface area contributed by atoms with Crippen molar-refractivity contribution in [3.63, 3.8) is 0 Å². The molecule has 0 unspecified atom stereocenters. The summed E-state index contributed by atoms with van der Waals surface area (Å²) in [6, 6.07) is 6.24. The fourth-order valence-corrected chi connectivity index (χ4v) is 1.70. The number of carbonyl (C=O) groups is 1. The minimum Gasteiger partial charge on any atom is -0.508 e. The van der Waals surface area contributed by atoms with Crippen LogP contribution in [0.1, 0.15) is 10.4 Å². The topological polar surface area (TPSA) is 96.7 Å². The summed E-state index contributed by atoms with van der Waals surface area (Å²) in [5.74, 6) is -0.766. The summed E-state index contributed by atoms with van der Waals surface area (Å²) < 4.78 is 10.3. The Bertz CT molecular complexity index is 740. The predicted molar refractivity (Wildman–Crippen MR) is 60.3 cm³/mol. The molecular weight excluding hydrogens is 238 g/mol. The fourth-order valence-electron chi connectivity index (χ4n) is 1.70. The van der Waals surface area contributed by atoms with Crippen molar-refractivity contribution in [3.05, 3.63) is 36.0 Å². The Morgan fingerprint density at radius 1 is 1.28 bits per heavy atom. The smallest absolute Gasteiger partial charge is 0.341 e. The number of aromatic carboxylic acids is 1. The zero-order valence-corrected chi connectivity index (χ0v) is 8.95. The number of carboxylic acid groups (broad SMARTS) is 1. The van der Waals surface area contributed by atoms with Crippen molar-refractivity contribution < 1.29 is 23.9 Å². The van der Waals surface area contributed by atoms with Gasteiger partial charge >= 0.3 is 5.97 Å². The number of aromatic nitrogens is 1. The van der Waals surface area contributed by atoms with Crippen molar-refractivity contribution in [3.8, 4) is 17.3 Å². The molecule has 2 heterocycles. The van der Waals surface area contributed by atoms with Crippen LogP contribution in [0, 0.1) is 0 Å². The zero-order chi connectivity index (χ0) is 12.7. The summed E-state index contributed by atoms with van der Waals surface area (Å²) in [4.78, 5) is 10.9. The molecule has 0 fully saturated rings. The van der Waals surface area contributed by atoms with E-state index in [9.17, 15) is 9.90 Å². The van der Waals surface area contributed by atoms with E-state index in [1.54, 1.807) is 12.1 Å². The highest BCUT2D eigenvalue weighted by atomic mass is 16.5. The lowest BCUT2D eigenvalue weighted by atomic mass is 10.2. The van der Waals surface area contributed by atoms with Gasteiger partial charge < -0.3 is 19.2 Å². The predicted octanol–water partition coefficient (Wildman–Crippen LogP) is 2.49. The van der Waals surface area contributed by atoms with E-state index >= 15 is 0 Å². The Morgan fingerprint density at radius 3 is 2.89 bits per heavy atom. The molecule has 1 aromatic carbocycles. The second-order valence-electron chi connectivity index (χ2n) is 3.71. The number of furan rings is 1. The van der Waals surface area contributed by atoms with E-state index < -0.39 is 5.97 Å². The minimum absolute atomic E-state index is 0.0539. The Labute approximate surface area is 100 Å². The first kappa shape index (κ1) is 10.4. The van der Waals surface area contributed by atoms with Crippen LogP contribution in [0.2, 0.25) is 0 Å². The lowest BCUT2D eigenvalue weighted by molar-refractivity contribution is 0.0697. The number of carboxylic acids is 1. The number of hydrogen-bond acceptors (Lipinski definition) is 5. The molecular formula is C12H7NO5. The molecule has 0 bridgehead atoms. The molecule has 0 saturated carbocycles. The van der Waals surface area contributed by atoms with E-state index in [2.05, 4.69) is 5.16 Å². The molecule has 0 atom stereocenters. The Balaban J connectivity index is 2.19. The summed E-state index contributed by atoms with van der Waals surface area (Å²) in [6.07, 6.45) is 1.11. The normalized spacial score (nSPS) is 10.9. The summed E-state index contributed by atoms with van der Waals surface area (Å²) >= 11 is 0. The molecule has 2 aromatic heterocycles. The first-order valence-corrected chi connectivity index (χ1v) is 5.06. The first-order valence-electron chi connectivity index (χ1n) is 5.06. The molecule has 6 nitrogen and oxygen atoms in total. The highest BCUT2D eigenvalue weighted by Crippen LogP contribution is 2.31. The van der Waals surface area contributed by atoms with Gasteiger partial charge in [-0.15, -0.1) is 0 Å². The highest BCUT2D eigenvalue weighted by molar-refractivity contribution is 5.94. The van der Waals surface area contributed by atoms with Gasteiger partial charge in [0.2, 0.25) is 5.76 Å². The number of hydrogen-bond donors (Lipinski definition) is 2. The quantitative estimate of drug-likeness (QED) is 0.719. The number of fused-ring (bicyclic) bond motifs is 1. The second kappa shape index (κ2) is 3.63. The van der Waals surface area contributed by atoms with Gasteiger partial charge in [0.1, 0.15) is 16.9 Å². The van der Waals surface area contributed by atoms with E-state index in [0.717, 1.165) is 11.6 Å². The molecule has 0 aliphatic heterocycles. The Kier molecular flexibility index (Phi) is 2.09. The average molecular weight is 245 g/mol. The molecule has 3 rings (SSSR count). The van der Waals surface area contributed by atoms with Crippen LogP contribution in [0.5, 0.6) is 5.75 Å². The van der Waals surface area contributed by atoms with Gasteiger partial charge in [-0.1, -0.05) is 5.16 Å². The lowest BCUT2D eigenvalue weighted by Gasteiger charge is -1.91. The maximum absolute atomic E-state index is 10.9. The maximum Gasteiger partial charge on any atom is 0.341 e. The third-order valence-corrected chi connectivity index (χ3v) is 2.53. The molecule has 6 heteroatoms. The number of benzene rings is 1. The molecule has 0 aliphatic rings. The van der Waals surface area contributed by atoms with E-state index in [0.29, 0.717) is 5.58 Å². The first-order chi connectivity index (χ1) is 8.65. The summed E-state index contributed by atoms with van der Waals surface area (Å²) in [6.45, 7) is 0. The van der Waals surface area contributed by atoms with Gasteiger partial charge in [0, 0.05) is 11.5 Å². The van der Waals surface area contributed by atoms with Crippen LogP contribution in [0.4, 0.5) is 0 Å². The second-order valence-corrected chi connectivity index (χ2v) is 3.71. The summed E-state index contributed by atoms with van der Waals surface area (Å²) in [5, 5.41) is 22.5. The number of aromatic hydroxyl groups is 1. The molecule has 0 aliphatic carbocycles. The van der Waals surface area contributed by atoms with E-state index in [1.165, 1.54) is 12.1 Å². The molecule has 3 aromatic rings. The Morgan fingerprint density at radius 2 is 2.11 bits per heavy atom. The average Bonchev–Trinajstić information content (AvgIpc) is 2.93. The standard InChI is InChI=1S/C12H7NO5/c14-7-2-1-6-3-10(17-9(6)4-7)11-8(12(15)16)5-13-18-11/h1-5,14H,(H,15,16). The van der Waals surface area contributed by atoms with Crippen molar-refractivity contribution in [2.45, 2.75) is 0 Å². The maximum atomic E-state index is 10.9. The van der Waals surface area contributed by atoms with E-state index in [4.69, 9.17) is 14.0 Å². The van der Waals surface area contributed by atoms with Crippen LogP contribution in [-0.4, -0.2) is 21.3 Å². The van der Waals surface area contributed by atoms with Gasteiger partial charge in [-0.05, 0) is 18.2 Å². The van der Waals surface area contributed by atoms with E-state index in [-0.39, 0.29) is 22.8 Å². The Hall–Kier alpha value is -2.76. The SMILES string of the molecule is O=C(O)c1cnoc1-c1cc2ccc(O)cc2o1. The van der Waals surface area contributed by atoms with Crippen molar-refractivity contribution in [1.29, 1.82) is 0 Å². The molecule has 0 saturated heterocycles. The van der Waals surface area contributed by atoms with Crippen molar-refractivity contribution >= 4 is 16.9 Å². The fraction of sp³-hybridized carbons (Fsp3) is 0. The van der Waals surface area contributed by atoms with Crippen molar-refractivity contribution in [1.82, 2.24) is 5.16 Å². The summed E-state index contributed by atoms with van der Waals surface area (Å²) in [5.41, 5.74) is 0.371. The molecule has 2 N–H and O–H groups in total. The van der Waals surface area contributed by atoms with Crippen LogP contribution >= 0.6 is 0 Å². The van der Waals surface area contributed by atoms with Gasteiger partial charge in [-0.3, -0.25) is 0 Å². The van der Waals surface area contributed by atoms with Crippen LogP contribution in [0.25, 0.3) is 22.5 Å². The van der Waals surface area contributed by atoms with Crippen molar-refractivity contribution in [2.75, 3.05) is 0 Å². The lowest BCUT2D eigenvalue weighted by Crippen LogP contribution is -1.95. The third kappa shape index (κ3) is 1.51. The van der Waals surface area contributed by atoms with Gasteiger partial charge in [-0.2, -0.15) is 0 Å². The third-order valence-electron chi connectivity index (χ3n) is 2.53. The largest absolute Gasteiger partial charge is 0.508 e. The molecule has 0 amide bonds. The van der Waals surface area contributed by atoms with Crippen LogP contribution < -0.4 is 0 Å². The van der Waals surface area contributed by atoms with Gasteiger partial charge in [0.05, 0.1) is 6.20 Å². The van der Waals surface area contributed by atoms with Crippen molar-refractivity contribution in [2.24, 2.45) is 0 Å². The van der Waals surface area contributed by atoms with Crippen LogP contribution in [-0.2, 0) is 0 Å². The number of phenols is 1. The van der Waals surface area contributed by atoms with Gasteiger partial charge in [0.25, 0.3) is 0 Å². The van der Waals surface area contributed by atoms with Gasteiger partial charge in [-0.25, -0.2) is 4.79 Å². The number of nitrogens with zero attached hydrogens (tertiary/aromatic N) is 1. The zero-order valence-electron chi connectivity index (χ0n) is 8.95. The monoisotopic (exact) mass is 245 g/mol. The minimum atomic E-state index is -1.14. The van der Waals surface area contributed by atoms with Crippen LogP contribution in [0.15, 0.2) is 39.4 Å². The van der Waals surface area contributed by atoms with Gasteiger partial charge in [0.15, 0.2) is 5.76 Å². The van der Waals surface area contributed by atoms with E-state index in [1.807, 2.05) is 0 Å². The highest BCUT2D eigenvalue weighted by Gasteiger charge is 2.20.